The highest BCUT2D eigenvalue weighted by Gasteiger charge is 2.07. The van der Waals surface area contributed by atoms with Gasteiger partial charge in [-0.25, -0.2) is 9.97 Å². The Bertz CT molecular complexity index is 690. The Hall–Kier alpha value is -1.87. The molecule has 0 aliphatic heterocycles. The van der Waals surface area contributed by atoms with Crippen LogP contribution in [0.2, 0.25) is 5.02 Å². The molecule has 1 aromatic carbocycles. The highest BCUT2D eigenvalue weighted by Crippen LogP contribution is 2.24. The molecule has 0 unspecified atom stereocenters. The van der Waals surface area contributed by atoms with Crippen molar-refractivity contribution in [2.45, 2.75) is 27.3 Å². The molecule has 2 heterocycles. The van der Waals surface area contributed by atoms with Crippen LogP contribution in [0.4, 0.5) is 0 Å². The second kappa shape index (κ2) is 6.53. The highest BCUT2D eigenvalue weighted by molar-refractivity contribution is 6.31. The third-order valence-corrected chi connectivity index (χ3v) is 3.21. The molecule has 3 rings (SSSR count). The number of fused-ring (bicyclic) bond motifs is 1. The molecule has 3 aromatic rings. The van der Waals surface area contributed by atoms with Gasteiger partial charge in [-0.05, 0) is 36.8 Å². The Balaban J connectivity index is 0.000000704. The van der Waals surface area contributed by atoms with Gasteiger partial charge in [0, 0.05) is 34.5 Å². The van der Waals surface area contributed by atoms with Gasteiger partial charge >= 0.3 is 0 Å². The lowest BCUT2D eigenvalue weighted by molar-refractivity contribution is 0.769. The summed E-state index contributed by atoms with van der Waals surface area (Å²) in [4.78, 5) is 8.50. The fraction of sp³-hybridized carbons (Fsp3) is 0.250. The van der Waals surface area contributed by atoms with Crippen LogP contribution in [0.15, 0.2) is 42.9 Å². The first-order chi connectivity index (χ1) is 9.74. The van der Waals surface area contributed by atoms with Crippen molar-refractivity contribution in [2.24, 2.45) is 0 Å². The van der Waals surface area contributed by atoms with Gasteiger partial charge in [-0.3, -0.25) is 0 Å². The van der Waals surface area contributed by atoms with Crippen LogP contribution < -0.4 is 0 Å². The first-order valence-electron chi connectivity index (χ1n) is 6.75. The first kappa shape index (κ1) is 14.5. The maximum Gasteiger partial charge on any atom is 0.147 e. The van der Waals surface area contributed by atoms with E-state index in [1.165, 1.54) is 10.9 Å². The molecule has 0 atom stereocenters. The number of rotatable bonds is 2. The van der Waals surface area contributed by atoms with E-state index in [9.17, 15) is 0 Å². The molecule has 20 heavy (non-hydrogen) atoms. The Morgan fingerprint density at radius 2 is 1.85 bits per heavy atom. The van der Waals surface area contributed by atoms with Gasteiger partial charge < -0.3 is 4.57 Å². The number of hydrogen-bond acceptors (Lipinski definition) is 2. The maximum atomic E-state index is 6.03. The summed E-state index contributed by atoms with van der Waals surface area (Å²) in [6.07, 6.45) is 5.63. The fourth-order valence-electron chi connectivity index (χ4n) is 2.14. The molecule has 0 N–H and O–H groups in total. The maximum absolute atomic E-state index is 6.03. The summed E-state index contributed by atoms with van der Waals surface area (Å²) in [7, 11) is 0. The van der Waals surface area contributed by atoms with Gasteiger partial charge in [0.2, 0.25) is 0 Å². The zero-order valence-electron chi connectivity index (χ0n) is 12.0. The van der Waals surface area contributed by atoms with Gasteiger partial charge in [-0.1, -0.05) is 25.4 Å². The Morgan fingerprint density at radius 1 is 1.15 bits per heavy atom. The predicted octanol–water partition coefficient (Wildman–Crippen LogP) is 4.47. The third kappa shape index (κ3) is 2.99. The number of aryl methyl sites for hydroxylation is 1. The molecule has 0 saturated carbocycles. The Kier molecular flexibility index (Phi) is 4.74. The zero-order chi connectivity index (χ0) is 14.5. The summed E-state index contributed by atoms with van der Waals surface area (Å²) in [5.41, 5.74) is 2.37. The van der Waals surface area contributed by atoms with Crippen LogP contribution in [0.25, 0.3) is 10.9 Å². The van der Waals surface area contributed by atoms with E-state index in [0.717, 1.165) is 16.4 Å². The second-order valence-corrected chi connectivity index (χ2v) is 4.70. The normalized spacial score (nSPS) is 10.2. The molecular weight excluding hydrogens is 270 g/mol. The minimum Gasteiger partial charge on any atom is -0.340 e. The van der Waals surface area contributed by atoms with E-state index in [0.29, 0.717) is 6.54 Å². The van der Waals surface area contributed by atoms with E-state index in [4.69, 9.17) is 11.6 Å². The van der Waals surface area contributed by atoms with Crippen molar-refractivity contribution in [1.82, 2.24) is 14.5 Å². The highest BCUT2D eigenvalue weighted by atomic mass is 35.5. The number of nitrogens with zero attached hydrogens (tertiary/aromatic N) is 3. The van der Waals surface area contributed by atoms with E-state index >= 15 is 0 Å². The largest absolute Gasteiger partial charge is 0.340 e. The molecule has 3 nitrogen and oxygen atoms in total. The molecule has 2 aromatic heterocycles. The van der Waals surface area contributed by atoms with E-state index in [2.05, 4.69) is 27.7 Å². The molecule has 0 aliphatic rings. The van der Waals surface area contributed by atoms with E-state index < -0.39 is 0 Å². The van der Waals surface area contributed by atoms with Crippen LogP contribution in [0, 0.1) is 6.92 Å². The lowest BCUT2D eigenvalue weighted by Gasteiger charge is -2.03. The summed E-state index contributed by atoms with van der Waals surface area (Å²) < 4.78 is 2.15. The van der Waals surface area contributed by atoms with Gasteiger partial charge in [-0.15, -0.1) is 0 Å². The molecule has 0 aliphatic carbocycles. The van der Waals surface area contributed by atoms with Crippen molar-refractivity contribution < 1.29 is 0 Å². The molecular formula is C16H18ClN3. The van der Waals surface area contributed by atoms with Crippen LogP contribution in [-0.2, 0) is 6.54 Å². The topological polar surface area (TPSA) is 30.7 Å². The zero-order valence-corrected chi connectivity index (χ0v) is 12.7. The summed E-state index contributed by atoms with van der Waals surface area (Å²) in [6.45, 7) is 6.76. The molecule has 0 amide bonds. The SMILES string of the molecule is CC.Cc1cn(Cc2ncccn2)c2ccc(Cl)cc12. The predicted molar refractivity (Wildman–Crippen MR) is 84.2 cm³/mol. The molecule has 0 spiro atoms. The van der Waals surface area contributed by atoms with E-state index in [-0.39, 0.29) is 0 Å². The van der Waals surface area contributed by atoms with Gasteiger partial charge in [0.1, 0.15) is 5.82 Å². The van der Waals surface area contributed by atoms with Crippen molar-refractivity contribution >= 4 is 22.5 Å². The number of halogens is 1. The van der Waals surface area contributed by atoms with Crippen LogP contribution in [0.5, 0.6) is 0 Å². The minimum atomic E-state index is 0.673. The Morgan fingerprint density at radius 3 is 2.55 bits per heavy atom. The fourth-order valence-corrected chi connectivity index (χ4v) is 2.31. The smallest absolute Gasteiger partial charge is 0.147 e. The van der Waals surface area contributed by atoms with Gasteiger partial charge in [0.05, 0.1) is 6.54 Å². The second-order valence-electron chi connectivity index (χ2n) is 4.27. The number of benzene rings is 1. The molecule has 0 radical (unpaired) electrons. The third-order valence-electron chi connectivity index (χ3n) is 2.97. The van der Waals surface area contributed by atoms with Crippen molar-refractivity contribution in [3.05, 3.63) is 59.3 Å². The minimum absolute atomic E-state index is 0.673. The van der Waals surface area contributed by atoms with Crippen molar-refractivity contribution in [3.8, 4) is 0 Å². The summed E-state index contributed by atoms with van der Waals surface area (Å²) in [5, 5.41) is 1.94. The van der Waals surface area contributed by atoms with Crippen molar-refractivity contribution in [2.75, 3.05) is 0 Å². The summed E-state index contributed by atoms with van der Waals surface area (Å²) >= 11 is 6.03. The summed E-state index contributed by atoms with van der Waals surface area (Å²) in [6, 6.07) is 7.76. The van der Waals surface area contributed by atoms with Gasteiger partial charge in [-0.2, -0.15) is 0 Å². The Labute approximate surface area is 124 Å². The van der Waals surface area contributed by atoms with Crippen LogP contribution in [-0.4, -0.2) is 14.5 Å². The van der Waals surface area contributed by atoms with Gasteiger partial charge in [0.25, 0.3) is 0 Å². The quantitative estimate of drug-likeness (QED) is 0.696. The molecule has 0 fully saturated rings. The monoisotopic (exact) mass is 287 g/mol. The molecule has 0 saturated heterocycles. The van der Waals surface area contributed by atoms with Gasteiger partial charge in [0.15, 0.2) is 0 Å². The van der Waals surface area contributed by atoms with E-state index in [1.807, 2.05) is 38.1 Å². The lowest BCUT2D eigenvalue weighted by Crippen LogP contribution is -2.02. The average Bonchev–Trinajstić information content (AvgIpc) is 2.78. The molecule has 0 bridgehead atoms. The number of aromatic nitrogens is 3. The number of hydrogen-bond donors (Lipinski definition) is 0. The summed E-state index contributed by atoms with van der Waals surface area (Å²) in [5.74, 6) is 0.810. The first-order valence-corrected chi connectivity index (χ1v) is 7.13. The van der Waals surface area contributed by atoms with Crippen molar-refractivity contribution in [3.63, 3.8) is 0 Å². The van der Waals surface area contributed by atoms with Crippen LogP contribution in [0.1, 0.15) is 25.2 Å². The average molecular weight is 288 g/mol. The lowest BCUT2D eigenvalue weighted by atomic mass is 10.2. The van der Waals surface area contributed by atoms with Crippen LogP contribution in [0.3, 0.4) is 0 Å². The standard InChI is InChI=1S/C14H12ClN3.C2H6/c1-10-8-18(9-14-16-5-2-6-17-14)13-4-3-11(15)7-12(10)13;1-2/h2-8H,9H2,1H3;1-2H3. The molecule has 104 valence electrons. The van der Waals surface area contributed by atoms with Crippen LogP contribution >= 0.6 is 11.6 Å². The van der Waals surface area contributed by atoms with E-state index in [1.54, 1.807) is 12.4 Å². The molecule has 4 heteroatoms. The van der Waals surface area contributed by atoms with Crippen molar-refractivity contribution in [1.29, 1.82) is 0 Å².